The maximum atomic E-state index is 10.1. The smallest absolute Gasteiger partial charge is 0.0781 e. The number of rotatable bonds is 4. The van der Waals surface area contributed by atoms with Gasteiger partial charge in [-0.05, 0) is 19.8 Å². The van der Waals surface area contributed by atoms with Crippen molar-refractivity contribution in [1.29, 1.82) is 0 Å². The molecule has 0 amide bonds. The molecule has 0 radical (unpaired) electrons. The summed E-state index contributed by atoms with van der Waals surface area (Å²) in [5.74, 6) is 0. The van der Waals surface area contributed by atoms with Gasteiger partial charge >= 0.3 is 0 Å². The number of aliphatic hydroxyl groups is 1. The third-order valence-corrected chi connectivity index (χ3v) is 3.86. The molecule has 1 heterocycles. The van der Waals surface area contributed by atoms with Crippen LogP contribution in [0.25, 0.3) is 0 Å². The van der Waals surface area contributed by atoms with E-state index in [1.165, 1.54) is 17.7 Å². The third kappa shape index (κ3) is 2.93. The Morgan fingerprint density at radius 2 is 2.17 bits per heavy atom. The summed E-state index contributed by atoms with van der Waals surface area (Å²) < 4.78 is 2.03. The molecule has 1 fully saturated rings. The standard InChI is InChI=1S/C14H25N3O/c1-10(2)15-8-12-9-16-17(11(12)3)13-6-4-5-7-14(13)18/h9-10,13-15,18H,4-8H2,1-3H3. The Balaban J connectivity index is 2.09. The van der Waals surface area contributed by atoms with Crippen LogP contribution < -0.4 is 5.32 Å². The van der Waals surface area contributed by atoms with Crippen molar-refractivity contribution in [1.82, 2.24) is 15.1 Å². The molecule has 1 aliphatic carbocycles. The van der Waals surface area contributed by atoms with E-state index in [0.29, 0.717) is 6.04 Å². The van der Waals surface area contributed by atoms with E-state index in [2.05, 4.69) is 31.2 Å². The lowest BCUT2D eigenvalue weighted by molar-refractivity contribution is 0.0683. The topological polar surface area (TPSA) is 50.1 Å². The maximum absolute atomic E-state index is 10.1. The van der Waals surface area contributed by atoms with Gasteiger partial charge in [0, 0.05) is 23.8 Å². The molecule has 2 rings (SSSR count). The first-order valence-electron chi connectivity index (χ1n) is 7.04. The second-order valence-electron chi connectivity index (χ2n) is 5.65. The van der Waals surface area contributed by atoms with Gasteiger partial charge in [0.1, 0.15) is 0 Å². The highest BCUT2D eigenvalue weighted by Gasteiger charge is 2.26. The Morgan fingerprint density at radius 3 is 2.83 bits per heavy atom. The van der Waals surface area contributed by atoms with Gasteiger partial charge in [-0.1, -0.05) is 26.7 Å². The predicted octanol–water partition coefficient (Wildman–Crippen LogP) is 2.17. The molecule has 1 saturated carbocycles. The van der Waals surface area contributed by atoms with Crippen molar-refractivity contribution in [3.63, 3.8) is 0 Å². The highest BCUT2D eigenvalue weighted by atomic mass is 16.3. The average Bonchev–Trinajstić information content (AvgIpc) is 2.69. The van der Waals surface area contributed by atoms with E-state index < -0.39 is 0 Å². The van der Waals surface area contributed by atoms with Crippen LogP contribution in [0.5, 0.6) is 0 Å². The van der Waals surface area contributed by atoms with Crippen LogP contribution in [0.2, 0.25) is 0 Å². The molecule has 4 heteroatoms. The number of hydrogen-bond acceptors (Lipinski definition) is 3. The zero-order valence-corrected chi connectivity index (χ0v) is 11.7. The van der Waals surface area contributed by atoms with Crippen LogP contribution in [-0.2, 0) is 6.54 Å². The van der Waals surface area contributed by atoms with Crippen LogP contribution in [-0.4, -0.2) is 27.0 Å². The fraction of sp³-hybridized carbons (Fsp3) is 0.786. The summed E-state index contributed by atoms with van der Waals surface area (Å²) in [5.41, 5.74) is 2.43. The molecule has 0 bridgehead atoms. The summed E-state index contributed by atoms with van der Waals surface area (Å²) in [5, 5.41) is 18.0. The first-order chi connectivity index (χ1) is 8.59. The van der Waals surface area contributed by atoms with Crippen LogP contribution in [0.3, 0.4) is 0 Å². The Kier molecular flexibility index (Phi) is 4.40. The third-order valence-electron chi connectivity index (χ3n) is 3.86. The molecule has 0 aliphatic heterocycles. The molecule has 2 unspecified atom stereocenters. The second-order valence-corrected chi connectivity index (χ2v) is 5.65. The van der Waals surface area contributed by atoms with Crippen molar-refractivity contribution in [2.45, 2.75) is 71.2 Å². The monoisotopic (exact) mass is 251 g/mol. The zero-order valence-electron chi connectivity index (χ0n) is 11.7. The Labute approximate surface area is 109 Å². The molecule has 1 aromatic rings. The number of aliphatic hydroxyl groups excluding tert-OH is 1. The van der Waals surface area contributed by atoms with Gasteiger partial charge in [0.15, 0.2) is 0 Å². The Hall–Kier alpha value is -0.870. The molecule has 0 aromatic carbocycles. The van der Waals surface area contributed by atoms with E-state index in [-0.39, 0.29) is 12.1 Å². The van der Waals surface area contributed by atoms with Gasteiger partial charge < -0.3 is 10.4 Å². The van der Waals surface area contributed by atoms with Crippen LogP contribution >= 0.6 is 0 Å². The van der Waals surface area contributed by atoms with Crippen LogP contribution in [0, 0.1) is 6.92 Å². The summed E-state index contributed by atoms with van der Waals surface area (Å²) in [6.07, 6.45) is 5.99. The number of hydrogen-bond donors (Lipinski definition) is 2. The average molecular weight is 251 g/mol. The first-order valence-corrected chi connectivity index (χ1v) is 7.04. The summed E-state index contributed by atoms with van der Waals surface area (Å²) in [7, 11) is 0. The minimum absolute atomic E-state index is 0.173. The molecule has 2 N–H and O–H groups in total. The lowest BCUT2D eigenvalue weighted by Gasteiger charge is -2.28. The fourth-order valence-corrected chi connectivity index (χ4v) is 2.66. The van der Waals surface area contributed by atoms with Gasteiger partial charge in [0.2, 0.25) is 0 Å². The van der Waals surface area contributed by atoms with Crippen LogP contribution in [0.4, 0.5) is 0 Å². The summed E-state index contributed by atoms with van der Waals surface area (Å²) in [6, 6.07) is 0.652. The molecule has 0 saturated heterocycles. The lowest BCUT2D eigenvalue weighted by Crippen LogP contribution is -2.29. The van der Waals surface area contributed by atoms with E-state index in [9.17, 15) is 5.11 Å². The van der Waals surface area contributed by atoms with E-state index in [1.807, 2.05) is 10.9 Å². The van der Waals surface area contributed by atoms with Crippen molar-refractivity contribution in [3.8, 4) is 0 Å². The van der Waals surface area contributed by atoms with Crippen LogP contribution in [0.1, 0.15) is 56.8 Å². The second kappa shape index (κ2) is 5.85. The van der Waals surface area contributed by atoms with E-state index in [1.54, 1.807) is 0 Å². The molecule has 1 aliphatic rings. The molecule has 0 spiro atoms. The minimum Gasteiger partial charge on any atom is -0.391 e. The van der Waals surface area contributed by atoms with E-state index >= 15 is 0 Å². The molecular formula is C14H25N3O. The quantitative estimate of drug-likeness (QED) is 0.862. The molecule has 102 valence electrons. The van der Waals surface area contributed by atoms with Gasteiger partial charge in [-0.15, -0.1) is 0 Å². The predicted molar refractivity (Wildman–Crippen MR) is 72.5 cm³/mol. The van der Waals surface area contributed by atoms with Crippen molar-refractivity contribution >= 4 is 0 Å². The first kappa shape index (κ1) is 13.6. The number of aromatic nitrogens is 2. The van der Waals surface area contributed by atoms with E-state index in [4.69, 9.17) is 0 Å². The number of nitrogens with zero attached hydrogens (tertiary/aromatic N) is 2. The largest absolute Gasteiger partial charge is 0.391 e. The molecular weight excluding hydrogens is 226 g/mol. The van der Waals surface area contributed by atoms with Gasteiger partial charge in [-0.3, -0.25) is 4.68 Å². The SMILES string of the molecule is Cc1c(CNC(C)C)cnn1C1CCCCC1O. The molecule has 1 aromatic heterocycles. The highest BCUT2D eigenvalue weighted by molar-refractivity contribution is 5.17. The van der Waals surface area contributed by atoms with Crippen molar-refractivity contribution < 1.29 is 5.11 Å². The van der Waals surface area contributed by atoms with Gasteiger partial charge in [-0.2, -0.15) is 5.10 Å². The Morgan fingerprint density at radius 1 is 1.44 bits per heavy atom. The summed E-state index contributed by atoms with van der Waals surface area (Å²) in [4.78, 5) is 0. The number of nitrogens with one attached hydrogen (secondary N) is 1. The molecule has 2 atom stereocenters. The Bertz CT molecular complexity index is 386. The molecule has 18 heavy (non-hydrogen) atoms. The van der Waals surface area contributed by atoms with Gasteiger partial charge in [0.05, 0.1) is 18.3 Å². The summed E-state index contributed by atoms with van der Waals surface area (Å²) in [6.45, 7) is 7.24. The van der Waals surface area contributed by atoms with Crippen LogP contribution in [0.15, 0.2) is 6.20 Å². The maximum Gasteiger partial charge on any atom is 0.0781 e. The highest BCUT2D eigenvalue weighted by Crippen LogP contribution is 2.29. The summed E-state index contributed by atoms with van der Waals surface area (Å²) >= 11 is 0. The molecule has 4 nitrogen and oxygen atoms in total. The minimum atomic E-state index is -0.233. The van der Waals surface area contributed by atoms with Crippen molar-refractivity contribution in [2.24, 2.45) is 0 Å². The fourth-order valence-electron chi connectivity index (χ4n) is 2.66. The van der Waals surface area contributed by atoms with Gasteiger partial charge in [0.25, 0.3) is 0 Å². The van der Waals surface area contributed by atoms with Gasteiger partial charge in [-0.25, -0.2) is 0 Å². The lowest BCUT2D eigenvalue weighted by atomic mass is 9.92. The zero-order chi connectivity index (χ0) is 13.1. The normalized spacial score (nSPS) is 24.7. The van der Waals surface area contributed by atoms with E-state index in [0.717, 1.165) is 25.8 Å². The van der Waals surface area contributed by atoms with Crippen molar-refractivity contribution in [2.75, 3.05) is 0 Å². The van der Waals surface area contributed by atoms with Crippen molar-refractivity contribution in [3.05, 3.63) is 17.5 Å².